The Kier molecular flexibility index (Phi) is 39.6. The van der Waals surface area contributed by atoms with E-state index in [0.29, 0.717) is 12.8 Å². The molecule has 462 valence electrons. The molecule has 0 aromatic rings. The van der Waals surface area contributed by atoms with Crippen LogP contribution in [-0.2, 0) is 33.2 Å². The zero-order valence-corrected chi connectivity index (χ0v) is 48.2. The highest BCUT2D eigenvalue weighted by atomic mass is 16.8. The standard InChI is InChI=1S/C59H113NO18/c1-3-5-7-9-11-13-15-17-19-20-21-23-24-26-28-30-32-34-36-43(64)42(60-47(65)37-35-33-31-29-27-25-22-18-16-14-12-10-8-6-4-2)41-73-57-53(71)50(68)55(45(39-62)75-57)78-59-54(72)51(69)56(46(40-63)76-59)77-58-52(70)49(67)48(66)44(38-61)74-58/h42-46,48-59,61-64,66-72H,3-41H2,1-2H3,(H,60,65). The van der Waals surface area contributed by atoms with Crippen molar-refractivity contribution in [2.24, 2.45) is 0 Å². The molecular weight excluding hydrogens is 1010 g/mol. The third-order valence-electron chi connectivity index (χ3n) is 16.2. The van der Waals surface area contributed by atoms with Crippen LogP contribution in [0.3, 0.4) is 0 Å². The molecule has 78 heavy (non-hydrogen) atoms. The SMILES string of the molecule is CCCCCCCCCCCCCCCCCCCCC(O)C(COC1OC(CO)C(OC2OC(CO)C(OC3OC(CO)C(O)C(O)C3O)C(O)C2O)C(O)C1O)NC(=O)CCCCCCCCCCCCCCCCC. The predicted octanol–water partition coefficient (Wildman–Crippen LogP) is 5.99. The van der Waals surface area contributed by atoms with Gasteiger partial charge in [0.1, 0.15) is 73.2 Å². The molecule has 0 bridgehead atoms. The Morgan fingerprint density at radius 1 is 0.410 bits per heavy atom. The van der Waals surface area contributed by atoms with Crippen molar-refractivity contribution in [2.45, 2.75) is 343 Å². The number of unbranched alkanes of at least 4 members (excludes halogenated alkanes) is 31. The van der Waals surface area contributed by atoms with Gasteiger partial charge in [-0.1, -0.05) is 219 Å². The number of carbonyl (C=O) groups is 1. The van der Waals surface area contributed by atoms with Crippen LogP contribution in [0.25, 0.3) is 0 Å². The molecular formula is C59H113NO18. The van der Waals surface area contributed by atoms with E-state index in [-0.39, 0.29) is 18.9 Å². The predicted molar refractivity (Wildman–Crippen MR) is 296 cm³/mol. The lowest BCUT2D eigenvalue weighted by Gasteiger charge is -2.48. The lowest BCUT2D eigenvalue weighted by atomic mass is 9.96. The van der Waals surface area contributed by atoms with Crippen LogP contribution < -0.4 is 5.32 Å². The maximum Gasteiger partial charge on any atom is 0.220 e. The maximum atomic E-state index is 13.3. The normalized spacial score (nSPS) is 30.4. The van der Waals surface area contributed by atoms with Crippen molar-refractivity contribution in [3.63, 3.8) is 0 Å². The number of carbonyl (C=O) groups excluding carboxylic acids is 1. The zero-order valence-electron chi connectivity index (χ0n) is 48.2. The van der Waals surface area contributed by atoms with E-state index >= 15 is 0 Å². The summed E-state index contributed by atoms with van der Waals surface area (Å²) in [6.07, 6.45) is 14.6. The molecule has 0 radical (unpaired) electrons. The molecule has 0 aliphatic carbocycles. The summed E-state index contributed by atoms with van der Waals surface area (Å²) in [6, 6.07) is -0.880. The molecule has 3 saturated heterocycles. The van der Waals surface area contributed by atoms with Crippen molar-refractivity contribution < 1.29 is 89.4 Å². The number of hydrogen-bond acceptors (Lipinski definition) is 18. The average Bonchev–Trinajstić information content (AvgIpc) is 3.47. The first-order valence-corrected chi connectivity index (χ1v) is 31.3. The van der Waals surface area contributed by atoms with E-state index in [1.165, 1.54) is 161 Å². The zero-order chi connectivity index (χ0) is 56.9. The third-order valence-corrected chi connectivity index (χ3v) is 16.2. The lowest BCUT2D eigenvalue weighted by molar-refractivity contribution is -0.379. The van der Waals surface area contributed by atoms with Crippen LogP contribution in [0.4, 0.5) is 0 Å². The second-order valence-corrected chi connectivity index (χ2v) is 22.9. The number of hydrogen-bond donors (Lipinski definition) is 12. The Labute approximate surface area is 468 Å². The summed E-state index contributed by atoms with van der Waals surface area (Å²) in [5, 5.41) is 120. The molecule has 0 aromatic heterocycles. The number of rotatable bonds is 47. The first-order valence-electron chi connectivity index (χ1n) is 31.3. The molecule has 1 amide bonds. The summed E-state index contributed by atoms with van der Waals surface area (Å²) in [4.78, 5) is 13.3. The van der Waals surface area contributed by atoms with E-state index in [2.05, 4.69) is 19.2 Å². The quantitative estimate of drug-likeness (QED) is 0.0312. The summed E-state index contributed by atoms with van der Waals surface area (Å²) in [5.41, 5.74) is 0. The number of ether oxygens (including phenoxy) is 6. The minimum absolute atomic E-state index is 0.239. The highest BCUT2D eigenvalue weighted by molar-refractivity contribution is 5.76. The molecule has 3 rings (SSSR count). The summed E-state index contributed by atoms with van der Waals surface area (Å²) < 4.78 is 34.3. The molecule has 3 aliphatic rings. The third kappa shape index (κ3) is 27.0. The van der Waals surface area contributed by atoms with Gasteiger partial charge < -0.3 is 89.9 Å². The molecule has 0 saturated carbocycles. The van der Waals surface area contributed by atoms with Gasteiger partial charge in [0.2, 0.25) is 5.91 Å². The van der Waals surface area contributed by atoms with Gasteiger partial charge >= 0.3 is 0 Å². The average molecular weight is 1120 g/mol. The van der Waals surface area contributed by atoms with Crippen LogP contribution in [0.2, 0.25) is 0 Å². The maximum absolute atomic E-state index is 13.3. The van der Waals surface area contributed by atoms with Crippen molar-refractivity contribution in [3.05, 3.63) is 0 Å². The van der Waals surface area contributed by atoms with Crippen molar-refractivity contribution in [2.75, 3.05) is 26.4 Å². The minimum atomic E-state index is -1.97. The van der Waals surface area contributed by atoms with Gasteiger partial charge in [-0.2, -0.15) is 0 Å². The highest BCUT2D eigenvalue weighted by Crippen LogP contribution is 2.33. The molecule has 0 spiro atoms. The van der Waals surface area contributed by atoms with E-state index < -0.39 is 124 Å². The second-order valence-electron chi connectivity index (χ2n) is 22.9. The van der Waals surface area contributed by atoms with E-state index in [1.54, 1.807) is 0 Å². The van der Waals surface area contributed by atoms with Crippen molar-refractivity contribution >= 4 is 5.91 Å². The molecule has 3 fully saturated rings. The monoisotopic (exact) mass is 1120 g/mol. The first-order chi connectivity index (χ1) is 37.8. The molecule has 19 nitrogen and oxygen atoms in total. The van der Waals surface area contributed by atoms with Gasteiger partial charge in [0.15, 0.2) is 18.9 Å². The first kappa shape index (κ1) is 71.1. The Morgan fingerprint density at radius 3 is 1.12 bits per heavy atom. The summed E-state index contributed by atoms with van der Waals surface area (Å²) in [6.45, 7) is 1.81. The minimum Gasteiger partial charge on any atom is -0.394 e. The molecule has 19 heteroatoms. The number of aliphatic hydroxyl groups excluding tert-OH is 11. The highest BCUT2D eigenvalue weighted by Gasteiger charge is 2.53. The fourth-order valence-corrected chi connectivity index (χ4v) is 11.0. The summed E-state index contributed by atoms with van der Waals surface area (Å²) >= 11 is 0. The lowest BCUT2D eigenvalue weighted by Crippen LogP contribution is -2.66. The van der Waals surface area contributed by atoms with Gasteiger partial charge in [0, 0.05) is 6.42 Å². The molecule has 3 heterocycles. The topological polar surface area (TPSA) is 307 Å². The molecule has 12 N–H and O–H groups in total. The second kappa shape index (κ2) is 43.4. The number of amides is 1. The molecule has 17 unspecified atom stereocenters. The van der Waals surface area contributed by atoms with Crippen LogP contribution in [-0.4, -0.2) is 193 Å². The van der Waals surface area contributed by atoms with Crippen LogP contribution in [0.1, 0.15) is 239 Å². The van der Waals surface area contributed by atoms with Crippen LogP contribution in [0, 0.1) is 0 Å². The van der Waals surface area contributed by atoms with Gasteiger partial charge in [-0.15, -0.1) is 0 Å². The Morgan fingerprint density at radius 2 is 0.731 bits per heavy atom. The summed E-state index contributed by atoms with van der Waals surface area (Å²) in [5.74, 6) is -0.239. The van der Waals surface area contributed by atoms with E-state index in [1.807, 2.05) is 0 Å². The smallest absolute Gasteiger partial charge is 0.220 e. The van der Waals surface area contributed by atoms with E-state index in [0.717, 1.165) is 44.9 Å². The Balaban J connectivity index is 1.48. The van der Waals surface area contributed by atoms with Crippen molar-refractivity contribution in [1.29, 1.82) is 0 Å². The molecule has 0 aromatic carbocycles. The van der Waals surface area contributed by atoms with Crippen LogP contribution in [0.5, 0.6) is 0 Å². The van der Waals surface area contributed by atoms with Gasteiger partial charge in [-0.25, -0.2) is 0 Å². The molecule has 17 atom stereocenters. The van der Waals surface area contributed by atoms with Gasteiger partial charge in [0.25, 0.3) is 0 Å². The van der Waals surface area contributed by atoms with E-state index in [4.69, 9.17) is 28.4 Å². The van der Waals surface area contributed by atoms with Crippen LogP contribution >= 0.6 is 0 Å². The number of aliphatic hydroxyl groups is 11. The Bertz CT molecular complexity index is 1440. The number of nitrogens with one attached hydrogen (secondary N) is 1. The summed E-state index contributed by atoms with van der Waals surface area (Å²) in [7, 11) is 0. The van der Waals surface area contributed by atoms with Gasteiger partial charge in [-0.3, -0.25) is 4.79 Å². The van der Waals surface area contributed by atoms with Crippen molar-refractivity contribution in [1.82, 2.24) is 5.32 Å². The van der Waals surface area contributed by atoms with Crippen LogP contribution in [0.15, 0.2) is 0 Å². The van der Waals surface area contributed by atoms with Crippen molar-refractivity contribution in [3.8, 4) is 0 Å². The fraction of sp³-hybridized carbons (Fsp3) is 0.983. The van der Waals surface area contributed by atoms with Gasteiger partial charge in [0.05, 0.1) is 38.6 Å². The van der Waals surface area contributed by atoms with E-state index in [9.17, 15) is 61.0 Å². The largest absolute Gasteiger partial charge is 0.394 e. The fourth-order valence-electron chi connectivity index (χ4n) is 11.0. The Hall–Kier alpha value is -1.21. The van der Waals surface area contributed by atoms with Gasteiger partial charge in [-0.05, 0) is 12.8 Å². The molecule has 3 aliphatic heterocycles.